The van der Waals surface area contributed by atoms with E-state index in [2.05, 4.69) is 24.1 Å². The van der Waals surface area contributed by atoms with Crippen LogP contribution < -0.4 is 10.7 Å². The average Bonchev–Trinajstić information content (AvgIpc) is 2.72. The molecule has 0 aromatic heterocycles. The molecule has 5 nitrogen and oxygen atoms in total. The Morgan fingerprint density at radius 3 is 2.68 bits per heavy atom. The van der Waals surface area contributed by atoms with Crippen molar-refractivity contribution in [2.75, 3.05) is 12.4 Å². The van der Waals surface area contributed by atoms with Crippen LogP contribution in [0.2, 0.25) is 0 Å². The van der Waals surface area contributed by atoms with Crippen LogP contribution in [-0.2, 0) is 4.74 Å². The topological polar surface area (TPSA) is 96.8 Å². The molecule has 0 radical (unpaired) electrons. The van der Waals surface area contributed by atoms with Crippen LogP contribution in [0.5, 0.6) is 0 Å². The summed E-state index contributed by atoms with van der Waals surface area (Å²) in [7, 11) is 0. The predicted octanol–water partition coefficient (Wildman–Crippen LogP) is -0.305. The van der Waals surface area contributed by atoms with Gasteiger partial charge in [0.05, 0.1) is 18.7 Å². The number of ether oxygens (including phenoxy) is 1. The van der Waals surface area contributed by atoms with Crippen molar-refractivity contribution in [3.8, 4) is 12.1 Å². The highest BCUT2D eigenvalue weighted by atomic mass is 32.2. The molecular weight excluding hydrogens is 260 g/mol. The average molecular weight is 277 g/mol. The third-order valence-electron chi connectivity index (χ3n) is 5.13. The summed E-state index contributed by atoms with van der Waals surface area (Å²) in [6, 6.07) is 4.76. The largest absolute Gasteiger partial charge is 0.327 e. The van der Waals surface area contributed by atoms with E-state index in [0.717, 1.165) is 18.6 Å². The molecule has 0 aromatic rings. The lowest BCUT2D eigenvalue weighted by Crippen LogP contribution is -2.88. The second-order valence-corrected chi connectivity index (χ2v) is 6.93. The second-order valence-electron chi connectivity index (χ2n) is 5.66. The molecule has 0 bridgehead atoms. The first-order valence-corrected chi connectivity index (χ1v) is 7.52. The first kappa shape index (κ1) is 12.8. The van der Waals surface area contributed by atoms with Gasteiger partial charge in [0.1, 0.15) is 0 Å². The quantitative estimate of drug-likeness (QED) is 0.722. The summed E-state index contributed by atoms with van der Waals surface area (Å²) >= 11 is 1.56. The van der Waals surface area contributed by atoms with Crippen molar-refractivity contribution in [3.05, 3.63) is 0 Å². The Bertz CT molecular complexity index is 556. The van der Waals surface area contributed by atoms with Gasteiger partial charge in [-0.15, -0.1) is 0 Å². The van der Waals surface area contributed by atoms with Gasteiger partial charge in [-0.3, -0.25) is 5.73 Å². The second kappa shape index (κ2) is 3.45. The normalized spacial score (nSPS) is 50.4. The summed E-state index contributed by atoms with van der Waals surface area (Å²) in [6.07, 6.45) is 1.71. The Morgan fingerprint density at radius 2 is 2.21 bits per heavy atom. The number of thioether (sulfide) groups is 1. The number of hydrogen-bond donors (Lipinski definition) is 2. The van der Waals surface area contributed by atoms with Gasteiger partial charge in [0.15, 0.2) is 10.8 Å². The highest BCUT2D eigenvalue weighted by Gasteiger charge is 3.01. The maximum atomic E-state index is 9.87. The number of fused-ring (bicyclic) bond motifs is 2. The SMILES string of the molecule is CCC[C@@]1(C)[C@]2(C#N)C(N)=[NH+][C@@]3(OCCS3)[C@]12C#N. The molecular formula is C13H17N4OS+. The monoisotopic (exact) mass is 277 g/mol. The van der Waals surface area contributed by atoms with Crippen molar-refractivity contribution < 1.29 is 9.73 Å². The van der Waals surface area contributed by atoms with E-state index in [1.54, 1.807) is 11.8 Å². The van der Waals surface area contributed by atoms with Gasteiger partial charge in [0, 0.05) is 11.2 Å². The van der Waals surface area contributed by atoms with Crippen molar-refractivity contribution >= 4 is 17.6 Å². The van der Waals surface area contributed by atoms with Gasteiger partial charge in [0.2, 0.25) is 0 Å². The summed E-state index contributed by atoms with van der Waals surface area (Å²) in [5.41, 5.74) is 3.87. The van der Waals surface area contributed by atoms with Gasteiger partial charge in [-0.05, 0) is 6.42 Å². The lowest BCUT2D eigenvalue weighted by atomic mass is 9.88. The maximum absolute atomic E-state index is 9.87. The molecule has 2 aliphatic heterocycles. The highest BCUT2D eigenvalue weighted by molar-refractivity contribution is 8.00. The van der Waals surface area contributed by atoms with Gasteiger partial charge in [0.25, 0.3) is 10.9 Å². The third kappa shape index (κ3) is 0.927. The van der Waals surface area contributed by atoms with Gasteiger partial charge in [-0.2, -0.15) is 10.5 Å². The van der Waals surface area contributed by atoms with Crippen LogP contribution in [0.15, 0.2) is 0 Å². The molecule has 4 atom stereocenters. The van der Waals surface area contributed by atoms with Crippen LogP contribution in [0.25, 0.3) is 0 Å². The number of nitrogens with one attached hydrogen (secondary N) is 1. The number of nitrogens with zero attached hydrogens (tertiary/aromatic N) is 2. The molecule has 1 saturated heterocycles. The van der Waals surface area contributed by atoms with E-state index in [9.17, 15) is 10.5 Å². The minimum Gasteiger partial charge on any atom is -0.327 e. The summed E-state index contributed by atoms with van der Waals surface area (Å²) in [5.74, 6) is 1.22. The van der Waals surface area contributed by atoms with Gasteiger partial charge >= 0.3 is 0 Å². The lowest BCUT2D eigenvalue weighted by Gasteiger charge is -2.27. The van der Waals surface area contributed by atoms with Crippen molar-refractivity contribution in [1.29, 1.82) is 10.5 Å². The number of nitriles is 2. The smallest absolute Gasteiger partial charge is 0.277 e. The van der Waals surface area contributed by atoms with Gasteiger partial charge in [-0.1, -0.05) is 32.0 Å². The van der Waals surface area contributed by atoms with Crippen molar-refractivity contribution in [2.24, 2.45) is 22.0 Å². The minimum atomic E-state index is -0.928. The standard InChI is InChI=1S/C13H16N4OS/c1-3-4-10(2)11(7-14)9(16)17-13(12(10,11)8-15)18-5-6-19-13/h3-6H2,1-2H3,(H2,16,17)/p+1/t10-,11-,12+,13+/m0/s1. The molecule has 3 aliphatic rings. The first-order valence-electron chi connectivity index (χ1n) is 6.53. The van der Waals surface area contributed by atoms with Crippen LogP contribution in [0.4, 0.5) is 0 Å². The fourth-order valence-electron chi connectivity index (χ4n) is 4.38. The Hall–Kier alpha value is -1.24. The molecule has 19 heavy (non-hydrogen) atoms. The molecule has 1 saturated carbocycles. The first-order chi connectivity index (χ1) is 9.02. The fraction of sp³-hybridized carbons (Fsp3) is 0.769. The molecule has 3 N–H and O–H groups in total. The van der Waals surface area contributed by atoms with Gasteiger partial charge < -0.3 is 4.74 Å². The zero-order valence-electron chi connectivity index (χ0n) is 11.1. The zero-order chi connectivity index (χ0) is 13.9. The number of amidine groups is 1. The predicted molar refractivity (Wildman–Crippen MR) is 70.4 cm³/mol. The fourth-order valence-corrected chi connectivity index (χ4v) is 5.83. The third-order valence-corrected chi connectivity index (χ3v) is 6.44. The Morgan fingerprint density at radius 1 is 1.47 bits per heavy atom. The minimum absolute atomic E-state index is 0.405. The molecule has 2 fully saturated rings. The van der Waals surface area contributed by atoms with Gasteiger partial charge in [-0.25, -0.2) is 4.99 Å². The van der Waals surface area contributed by atoms with Crippen molar-refractivity contribution in [1.82, 2.24) is 0 Å². The zero-order valence-corrected chi connectivity index (χ0v) is 11.9. The summed E-state index contributed by atoms with van der Waals surface area (Å²) in [5, 5.41) is 18.8. The number of rotatable bonds is 2. The summed E-state index contributed by atoms with van der Waals surface area (Å²) in [4.78, 5) is 3.12. The van der Waals surface area contributed by atoms with E-state index in [4.69, 9.17) is 10.5 Å². The molecule has 0 aromatic carbocycles. The van der Waals surface area contributed by atoms with E-state index in [1.807, 2.05) is 6.92 Å². The Labute approximate surface area is 116 Å². The molecule has 100 valence electrons. The Balaban J connectivity index is 2.23. The van der Waals surface area contributed by atoms with E-state index < -0.39 is 21.3 Å². The molecule has 2 heterocycles. The van der Waals surface area contributed by atoms with Crippen molar-refractivity contribution in [3.63, 3.8) is 0 Å². The highest BCUT2D eigenvalue weighted by Crippen LogP contribution is 2.85. The van der Waals surface area contributed by atoms with E-state index in [-0.39, 0.29) is 0 Å². The van der Waals surface area contributed by atoms with E-state index in [1.165, 1.54) is 0 Å². The molecule has 6 heteroatoms. The number of hydrogen-bond acceptors (Lipinski definition) is 5. The van der Waals surface area contributed by atoms with E-state index >= 15 is 0 Å². The molecule has 1 aliphatic carbocycles. The van der Waals surface area contributed by atoms with Crippen LogP contribution in [-0.4, -0.2) is 23.3 Å². The lowest BCUT2D eigenvalue weighted by molar-refractivity contribution is -0.585. The molecule has 0 unspecified atom stereocenters. The maximum Gasteiger partial charge on any atom is 0.277 e. The summed E-state index contributed by atoms with van der Waals surface area (Å²) < 4.78 is 5.87. The number of nitrogens with two attached hydrogens (primary N) is 1. The van der Waals surface area contributed by atoms with Crippen LogP contribution >= 0.6 is 11.8 Å². The molecule has 1 spiro atoms. The van der Waals surface area contributed by atoms with Crippen LogP contribution in [0, 0.1) is 38.9 Å². The molecule has 0 amide bonds. The van der Waals surface area contributed by atoms with Crippen molar-refractivity contribution in [2.45, 2.75) is 31.7 Å². The van der Waals surface area contributed by atoms with Crippen LogP contribution in [0.1, 0.15) is 26.7 Å². The Kier molecular flexibility index (Phi) is 2.32. The summed E-state index contributed by atoms with van der Waals surface area (Å²) in [6.45, 7) is 4.65. The van der Waals surface area contributed by atoms with E-state index in [0.29, 0.717) is 12.4 Å². The molecule has 3 rings (SSSR count). The van der Waals surface area contributed by atoms with Crippen LogP contribution in [0.3, 0.4) is 0 Å².